The monoisotopic (exact) mass is 328 g/mol. The summed E-state index contributed by atoms with van der Waals surface area (Å²) in [5.41, 5.74) is 9.59. The van der Waals surface area contributed by atoms with E-state index in [1.807, 2.05) is 64.0 Å². The Labute approximate surface area is 147 Å². The summed E-state index contributed by atoms with van der Waals surface area (Å²) in [4.78, 5) is 1.84. The van der Waals surface area contributed by atoms with Crippen molar-refractivity contribution in [2.45, 2.75) is 40.5 Å². The number of allylic oxidation sites excluding steroid dienone is 2. The largest absolute Gasteiger partial charge is 0.384 e. The minimum atomic E-state index is 0.137. The number of rotatable bonds is 2. The quantitative estimate of drug-likeness (QED) is 0.552. The molecule has 24 heavy (non-hydrogen) atoms. The summed E-state index contributed by atoms with van der Waals surface area (Å²) >= 11 is 0. The number of nitrogens with two attached hydrogens (primary N) is 1. The van der Waals surface area contributed by atoms with Crippen molar-refractivity contribution in [3.05, 3.63) is 58.7 Å². The Morgan fingerprint density at radius 3 is 2.08 bits per heavy atom. The Hall–Kier alpha value is -2.36. The molecule has 0 saturated heterocycles. The van der Waals surface area contributed by atoms with Crippen molar-refractivity contribution in [1.82, 2.24) is 4.90 Å². The first-order valence-electron chi connectivity index (χ1n) is 8.37. The fraction of sp³-hybridized carbons (Fsp3) is 0.400. The van der Waals surface area contributed by atoms with E-state index in [4.69, 9.17) is 16.6 Å². The van der Waals surface area contributed by atoms with Gasteiger partial charge in [0.25, 0.3) is 0 Å². The number of nitrogens with zero attached hydrogens (tertiary/aromatic N) is 1. The summed E-state index contributed by atoms with van der Waals surface area (Å²) in [6, 6.07) is 7.60. The molecule has 0 unspecified atom stereocenters. The molecule has 1 aliphatic carbocycles. The zero-order valence-electron chi connectivity index (χ0n) is 15.9. The number of hydrogen-bond acceptors (Lipinski definition) is 2. The Bertz CT molecular complexity index is 610. The standard InChI is InChI=1S/C10H16N2.C8H10N2.C2H6/c1-8-6-4-5-7-9(8)10(11)12(2)3;1-6-4-2-3-5-7(6)8(9)10;1-2/h5,7,11H,4,6H2,1-3H3;2-5H,1H3,(H3,9,10);1-2H3. The molecule has 0 aromatic heterocycles. The molecular formula is C20H32N4. The maximum atomic E-state index is 7.79. The van der Waals surface area contributed by atoms with Gasteiger partial charge in [-0.25, -0.2) is 0 Å². The molecule has 132 valence electrons. The molecule has 0 saturated carbocycles. The summed E-state index contributed by atoms with van der Waals surface area (Å²) in [5, 5.41) is 14.9. The Balaban J connectivity index is 0.000000405. The van der Waals surface area contributed by atoms with Crippen molar-refractivity contribution in [2.75, 3.05) is 14.1 Å². The molecule has 1 aromatic carbocycles. The highest BCUT2D eigenvalue weighted by Crippen LogP contribution is 2.19. The summed E-state index contributed by atoms with van der Waals surface area (Å²) in [7, 11) is 3.82. The van der Waals surface area contributed by atoms with E-state index < -0.39 is 0 Å². The summed E-state index contributed by atoms with van der Waals surface area (Å²) in [6.45, 7) is 8.05. The van der Waals surface area contributed by atoms with E-state index in [1.54, 1.807) is 0 Å². The van der Waals surface area contributed by atoms with Crippen LogP contribution >= 0.6 is 0 Å². The van der Waals surface area contributed by atoms with Crippen LogP contribution < -0.4 is 5.73 Å². The lowest BCUT2D eigenvalue weighted by Gasteiger charge is -2.19. The van der Waals surface area contributed by atoms with Gasteiger partial charge in [0.15, 0.2) is 0 Å². The van der Waals surface area contributed by atoms with Gasteiger partial charge in [-0.3, -0.25) is 10.8 Å². The van der Waals surface area contributed by atoms with E-state index >= 15 is 0 Å². The van der Waals surface area contributed by atoms with E-state index in [0.29, 0.717) is 5.84 Å². The van der Waals surface area contributed by atoms with Gasteiger partial charge in [-0.2, -0.15) is 0 Å². The van der Waals surface area contributed by atoms with Gasteiger partial charge >= 0.3 is 0 Å². The first kappa shape index (κ1) is 21.6. The predicted octanol–water partition coefficient (Wildman–Crippen LogP) is 4.50. The van der Waals surface area contributed by atoms with Crippen LogP contribution in [0.4, 0.5) is 0 Å². The molecule has 1 aromatic rings. The summed E-state index contributed by atoms with van der Waals surface area (Å²) < 4.78 is 0. The lowest BCUT2D eigenvalue weighted by molar-refractivity contribution is 0.617. The predicted molar refractivity (Wildman–Crippen MR) is 106 cm³/mol. The Morgan fingerprint density at radius 1 is 1.08 bits per heavy atom. The second kappa shape index (κ2) is 11.2. The van der Waals surface area contributed by atoms with Gasteiger partial charge in [-0.1, -0.05) is 55.8 Å². The van der Waals surface area contributed by atoms with Crippen molar-refractivity contribution in [2.24, 2.45) is 5.73 Å². The maximum Gasteiger partial charge on any atom is 0.127 e. The molecule has 4 N–H and O–H groups in total. The average molecular weight is 329 g/mol. The van der Waals surface area contributed by atoms with Gasteiger partial charge in [-0.05, 0) is 32.3 Å². The molecule has 2 rings (SSSR count). The zero-order valence-corrected chi connectivity index (χ0v) is 15.9. The van der Waals surface area contributed by atoms with E-state index in [2.05, 4.69) is 19.1 Å². The van der Waals surface area contributed by atoms with E-state index in [0.717, 1.165) is 29.5 Å². The molecule has 1 aliphatic rings. The molecule has 0 aliphatic heterocycles. The van der Waals surface area contributed by atoms with Gasteiger partial charge < -0.3 is 10.6 Å². The highest BCUT2D eigenvalue weighted by Gasteiger charge is 2.10. The van der Waals surface area contributed by atoms with Gasteiger partial charge in [0.1, 0.15) is 11.7 Å². The second-order valence-electron chi connectivity index (χ2n) is 5.61. The molecule has 4 heteroatoms. The van der Waals surface area contributed by atoms with Crippen LogP contribution in [-0.4, -0.2) is 30.7 Å². The number of benzene rings is 1. The van der Waals surface area contributed by atoms with Gasteiger partial charge in [-0.15, -0.1) is 0 Å². The molecule has 0 atom stereocenters. The van der Waals surface area contributed by atoms with Crippen LogP contribution in [0.5, 0.6) is 0 Å². The fourth-order valence-corrected chi connectivity index (χ4v) is 2.18. The normalized spacial score (nSPS) is 12.4. The number of amidine groups is 2. The number of hydrogen-bond donors (Lipinski definition) is 3. The molecule has 0 amide bonds. The topological polar surface area (TPSA) is 77.0 Å². The van der Waals surface area contributed by atoms with Gasteiger partial charge in [0, 0.05) is 25.2 Å². The van der Waals surface area contributed by atoms with E-state index in [-0.39, 0.29) is 5.84 Å². The SMILES string of the molecule is CC.CC1=C(C(=N)N(C)C)C=CCC1.Cc1ccccc1C(=N)N. The third kappa shape index (κ3) is 6.82. The van der Waals surface area contributed by atoms with E-state index in [1.165, 1.54) is 5.57 Å². The lowest BCUT2D eigenvalue weighted by atomic mass is 9.98. The smallest absolute Gasteiger partial charge is 0.127 e. The van der Waals surface area contributed by atoms with Crippen LogP contribution in [0.2, 0.25) is 0 Å². The Kier molecular flexibility index (Phi) is 10.1. The minimum Gasteiger partial charge on any atom is -0.384 e. The number of nitrogen functional groups attached to an aromatic ring is 1. The minimum absolute atomic E-state index is 0.137. The highest BCUT2D eigenvalue weighted by molar-refractivity contribution is 5.99. The van der Waals surface area contributed by atoms with Crippen molar-refractivity contribution in [3.63, 3.8) is 0 Å². The zero-order chi connectivity index (χ0) is 18.7. The van der Waals surface area contributed by atoms with E-state index in [9.17, 15) is 0 Å². The van der Waals surface area contributed by atoms with Crippen molar-refractivity contribution in [1.29, 1.82) is 10.8 Å². The first-order valence-corrected chi connectivity index (χ1v) is 8.37. The van der Waals surface area contributed by atoms with Crippen LogP contribution in [0.25, 0.3) is 0 Å². The molecule has 0 radical (unpaired) electrons. The van der Waals surface area contributed by atoms with Crippen molar-refractivity contribution in [3.8, 4) is 0 Å². The van der Waals surface area contributed by atoms with Crippen LogP contribution in [0.1, 0.15) is 44.7 Å². The van der Waals surface area contributed by atoms with Crippen LogP contribution in [-0.2, 0) is 0 Å². The molecule has 0 bridgehead atoms. The third-order valence-corrected chi connectivity index (χ3v) is 3.57. The average Bonchev–Trinajstić information content (AvgIpc) is 2.57. The van der Waals surface area contributed by atoms with Gasteiger partial charge in [0.05, 0.1) is 0 Å². The first-order chi connectivity index (χ1) is 11.3. The second-order valence-corrected chi connectivity index (χ2v) is 5.61. The molecule has 0 fully saturated rings. The van der Waals surface area contributed by atoms with Crippen LogP contribution in [0, 0.1) is 17.7 Å². The van der Waals surface area contributed by atoms with Gasteiger partial charge in [0.2, 0.25) is 0 Å². The maximum absolute atomic E-state index is 7.79. The lowest BCUT2D eigenvalue weighted by Crippen LogP contribution is -2.23. The van der Waals surface area contributed by atoms with Crippen molar-refractivity contribution >= 4 is 11.7 Å². The molecule has 0 heterocycles. The molecular weight excluding hydrogens is 296 g/mol. The van der Waals surface area contributed by atoms with Crippen LogP contribution in [0.15, 0.2) is 47.6 Å². The van der Waals surface area contributed by atoms with Crippen molar-refractivity contribution < 1.29 is 0 Å². The molecule has 0 spiro atoms. The summed E-state index contributed by atoms with van der Waals surface area (Å²) in [6.07, 6.45) is 6.42. The summed E-state index contributed by atoms with van der Waals surface area (Å²) in [5.74, 6) is 0.751. The number of likely N-dealkylation sites (N-methyl/N-ethyl adjacent to an activating group) is 1. The number of aryl methyl sites for hydroxylation is 1. The molecule has 4 nitrogen and oxygen atoms in total. The van der Waals surface area contributed by atoms with Crippen LogP contribution in [0.3, 0.4) is 0 Å². The highest BCUT2D eigenvalue weighted by atomic mass is 15.1. The number of nitrogens with one attached hydrogen (secondary N) is 2. The third-order valence-electron chi connectivity index (χ3n) is 3.57. The Morgan fingerprint density at radius 2 is 1.67 bits per heavy atom. The fourth-order valence-electron chi connectivity index (χ4n) is 2.18.